The van der Waals surface area contributed by atoms with Gasteiger partial charge in [0.15, 0.2) is 0 Å². The summed E-state index contributed by atoms with van der Waals surface area (Å²) in [5, 5.41) is 2.51. The number of pyridine rings is 1. The minimum Gasteiger partial charge on any atom is -0.497 e. The van der Waals surface area contributed by atoms with Crippen LogP contribution in [-0.2, 0) is 38.0 Å². The van der Waals surface area contributed by atoms with Crippen molar-refractivity contribution < 1.29 is 39.5 Å². The highest BCUT2D eigenvalue weighted by Crippen LogP contribution is 2.59. The summed E-state index contributed by atoms with van der Waals surface area (Å²) >= 11 is 0. The van der Waals surface area contributed by atoms with Gasteiger partial charge in [-0.1, -0.05) is 6.07 Å². The number of hydrogen-bond acceptors (Lipinski definition) is 7. The highest BCUT2D eigenvalue weighted by Gasteiger charge is 2.60. The maximum Gasteiger partial charge on any atom is 0.418 e. The zero-order valence-electron chi connectivity index (χ0n) is 23.7. The van der Waals surface area contributed by atoms with Crippen LogP contribution >= 0.6 is 0 Å². The first-order chi connectivity index (χ1) is 20.8. The second-order valence-corrected chi connectivity index (χ2v) is 15.6. The number of ether oxygens (including phenoxy) is 1. The van der Waals surface area contributed by atoms with Gasteiger partial charge in [-0.05, 0) is 79.6 Å². The Balaban J connectivity index is 1.41. The first kappa shape index (κ1) is 30.4. The van der Waals surface area contributed by atoms with Crippen LogP contribution in [0.4, 0.5) is 18.9 Å². The maximum atomic E-state index is 14.3. The first-order valence-electron chi connectivity index (χ1n) is 14.1. The Bertz CT molecular complexity index is 1830. The molecule has 0 radical (unpaired) electrons. The Morgan fingerprint density at radius 1 is 1.09 bits per heavy atom. The van der Waals surface area contributed by atoms with Crippen molar-refractivity contribution in [3.63, 3.8) is 0 Å². The molecule has 2 aromatic carbocycles. The molecule has 1 aromatic heterocycles. The van der Waals surface area contributed by atoms with Crippen LogP contribution in [0.2, 0.25) is 0 Å². The summed E-state index contributed by atoms with van der Waals surface area (Å²) in [7, 11) is -6.05. The molecule has 234 valence electrons. The van der Waals surface area contributed by atoms with E-state index in [1.54, 1.807) is 18.2 Å². The summed E-state index contributed by atoms with van der Waals surface area (Å²) in [4.78, 5) is 17.1. The number of hydrogen-bond donors (Lipinski definition) is 1. The number of nitrogens with zero attached hydrogens (tertiary/aromatic N) is 2. The van der Waals surface area contributed by atoms with Gasteiger partial charge in [0.1, 0.15) is 15.6 Å². The molecule has 14 heteroatoms. The van der Waals surface area contributed by atoms with E-state index >= 15 is 0 Å². The third kappa shape index (κ3) is 5.31. The number of anilines is 1. The van der Waals surface area contributed by atoms with E-state index < -0.39 is 55.5 Å². The quantitative estimate of drug-likeness (QED) is 0.401. The van der Waals surface area contributed by atoms with Crippen molar-refractivity contribution >= 4 is 31.5 Å². The molecule has 6 rings (SSSR count). The number of fused-ring (bicyclic) bond motifs is 2. The van der Waals surface area contributed by atoms with E-state index in [1.165, 1.54) is 47.9 Å². The number of alkyl halides is 3. The number of sulfone groups is 1. The molecule has 1 saturated heterocycles. The third-order valence-electron chi connectivity index (χ3n) is 8.85. The number of carbonyl (C=O) groups is 1. The van der Waals surface area contributed by atoms with Gasteiger partial charge in [-0.15, -0.1) is 0 Å². The van der Waals surface area contributed by atoms with Crippen molar-refractivity contribution in [2.45, 2.75) is 54.8 Å². The number of rotatable bonds is 7. The Kier molecular flexibility index (Phi) is 7.43. The van der Waals surface area contributed by atoms with Crippen LogP contribution in [-0.4, -0.2) is 52.4 Å². The molecule has 1 aliphatic carbocycles. The molecule has 1 N–H and O–H groups in total. The smallest absolute Gasteiger partial charge is 0.418 e. The van der Waals surface area contributed by atoms with Gasteiger partial charge >= 0.3 is 6.18 Å². The fourth-order valence-electron chi connectivity index (χ4n) is 6.58. The topological polar surface area (TPSA) is 123 Å². The fourth-order valence-corrected chi connectivity index (χ4v) is 9.97. The van der Waals surface area contributed by atoms with Gasteiger partial charge in [0.05, 0.1) is 53.0 Å². The van der Waals surface area contributed by atoms with E-state index in [1.807, 2.05) is 0 Å². The molecule has 1 spiro atoms. The fraction of sp³-hybridized carbons (Fsp3) is 0.400. The summed E-state index contributed by atoms with van der Waals surface area (Å²) in [6, 6.07) is 12.2. The molecule has 1 saturated carbocycles. The van der Waals surface area contributed by atoms with Crippen molar-refractivity contribution in [2.24, 2.45) is 5.92 Å². The maximum absolute atomic E-state index is 14.3. The van der Waals surface area contributed by atoms with Crippen LogP contribution < -0.4 is 14.4 Å². The highest BCUT2D eigenvalue weighted by atomic mass is 32.2. The van der Waals surface area contributed by atoms with Gasteiger partial charge in [0.2, 0.25) is 0 Å². The van der Waals surface area contributed by atoms with Crippen LogP contribution in [0, 0.1) is 5.92 Å². The third-order valence-corrected chi connectivity index (χ3v) is 12.3. The van der Waals surface area contributed by atoms with Gasteiger partial charge in [-0.2, -0.15) is 13.2 Å². The van der Waals surface area contributed by atoms with Crippen LogP contribution in [0.5, 0.6) is 5.75 Å². The molecule has 3 heterocycles. The first-order valence-corrected chi connectivity index (χ1v) is 17.4. The lowest BCUT2D eigenvalue weighted by molar-refractivity contribution is -0.138. The number of carbonyl (C=O) groups excluding carboxylic acids is 1. The Morgan fingerprint density at radius 3 is 2.48 bits per heavy atom. The molecule has 3 aliphatic rings. The minimum absolute atomic E-state index is 0.00851. The number of sulfonamides is 1. The van der Waals surface area contributed by atoms with E-state index in [0.717, 1.165) is 18.9 Å². The van der Waals surface area contributed by atoms with Crippen molar-refractivity contribution in [1.29, 1.82) is 0 Å². The summed E-state index contributed by atoms with van der Waals surface area (Å²) in [5.41, 5.74) is -1.12. The Hall–Kier alpha value is -3.65. The predicted octanol–water partition coefficient (Wildman–Crippen LogP) is 4.47. The Morgan fingerprint density at radius 2 is 1.82 bits per heavy atom. The molecular weight excluding hydrogens is 619 g/mol. The van der Waals surface area contributed by atoms with Crippen molar-refractivity contribution in [2.75, 3.05) is 22.9 Å². The van der Waals surface area contributed by atoms with E-state index in [0.29, 0.717) is 17.0 Å². The largest absolute Gasteiger partial charge is 0.497 e. The monoisotopic (exact) mass is 649 g/mol. The summed E-state index contributed by atoms with van der Waals surface area (Å²) in [6.45, 7) is -0.476. The van der Waals surface area contributed by atoms with Crippen LogP contribution in [0.1, 0.15) is 52.9 Å². The molecule has 2 fully saturated rings. The van der Waals surface area contributed by atoms with Crippen LogP contribution in [0.3, 0.4) is 0 Å². The number of amides is 1. The van der Waals surface area contributed by atoms with Crippen molar-refractivity contribution in [3.8, 4) is 5.75 Å². The zero-order chi connectivity index (χ0) is 31.5. The van der Waals surface area contributed by atoms with E-state index in [2.05, 4.69) is 10.3 Å². The molecule has 1 atom stereocenters. The number of benzene rings is 2. The number of methoxy groups -OCH3 is 1. The summed E-state index contributed by atoms with van der Waals surface area (Å²) in [6.07, 6.45) is -1.52. The second-order valence-electron chi connectivity index (χ2n) is 11.5. The summed E-state index contributed by atoms with van der Waals surface area (Å²) < 4.78 is 101. The minimum atomic E-state index is -4.65. The van der Waals surface area contributed by atoms with Gasteiger partial charge < -0.3 is 10.1 Å². The average molecular weight is 650 g/mol. The molecular formula is C30H30F3N3O6S2. The normalized spacial score (nSPS) is 20.7. The number of halogens is 3. The van der Waals surface area contributed by atoms with Crippen LogP contribution in [0.15, 0.2) is 65.7 Å². The molecule has 44 heavy (non-hydrogen) atoms. The number of aromatic nitrogens is 1. The molecule has 2 aliphatic heterocycles. The highest BCUT2D eigenvalue weighted by molar-refractivity contribution is 7.93. The average Bonchev–Trinajstić information content (AvgIpc) is 3.80. The van der Waals surface area contributed by atoms with Gasteiger partial charge in [-0.3, -0.25) is 14.1 Å². The van der Waals surface area contributed by atoms with Gasteiger partial charge in [-0.25, -0.2) is 16.8 Å². The van der Waals surface area contributed by atoms with E-state index in [4.69, 9.17) is 4.74 Å². The van der Waals surface area contributed by atoms with Gasteiger partial charge in [0, 0.05) is 23.2 Å². The van der Waals surface area contributed by atoms with Crippen molar-refractivity contribution in [1.82, 2.24) is 10.3 Å². The summed E-state index contributed by atoms with van der Waals surface area (Å²) in [5.74, 6) is -0.563. The zero-order valence-corrected chi connectivity index (χ0v) is 25.3. The van der Waals surface area contributed by atoms with Crippen molar-refractivity contribution in [3.05, 3.63) is 83.2 Å². The Labute approximate surface area is 253 Å². The second kappa shape index (κ2) is 10.8. The lowest BCUT2D eigenvalue weighted by atomic mass is 9.70. The predicted molar refractivity (Wildman–Crippen MR) is 156 cm³/mol. The molecule has 1 amide bonds. The molecule has 0 bridgehead atoms. The SMILES string of the molecule is COc1cccc(S(=O)(=O)N2c3ccc(C(=O)NCc4ncccc4C(F)(F)F)cc3C3(CCS(=O)(=O)CC3)C2C2CC2)c1. The molecule has 3 aromatic rings. The molecule has 9 nitrogen and oxygen atoms in total. The van der Waals surface area contributed by atoms with E-state index in [9.17, 15) is 34.8 Å². The van der Waals surface area contributed by atoms with Crippen LogP contribution in [0.25, 0.3) is 0 Å². The van der Waals surface area contributed by atoms with Gasteiger partial charge in [0.25, 0.3) is 15.9 Å². The molecule has 1 unspecified atom stereocenters. The standard InChI is InChI=1S/C30H30F3N3O6S2/c1-42-21-4-2-5-22(17-21)44(40,41)36-26-10-9-20(28(37)35-18-25-23(30(31,32)33)6-3-13-34-25)16-24(26)29(27(36)19-7-8-19)11-14-43(38,39)15-12-29/h2-6,9-10,13,16-17,19,27H,7-8,11-12,14-15,18H2,1H3,(H,35,37). The number of nitrogens with one attached hydrogen (secondary N) is 1. The van der Waals surface area contributed by atoms with E-state index in [-0.39, 0.29) is 46.4 Å². The lowest BCUT2D eigenvalue weighted by Crippen LogP contribution is -2.52. The lowest BCUT2D eigenvalue weighted by Gasteiger charge is -2.41.